The van der Waals surface area contributed by atoms with Gasteiger partial charge in [-0.1, -0.05) is 6.07 Å². The Balaban J connectivity index is 1.64. The molecule has 0 radical (unpaired) electrons. The zero-order chi connectivity index (χ0) is 24.0. The van der Waals surface area contributed by atoms with E-state index in [0.29, 0.717) is 34.8 Å². The first-order valence-electron chi connectivity index (χ1n) is 11.1. The van der Waals surface area contributed by atoms with Gasteiger partial charge in [-0.2, -0.15) is 0 Å². The molecule has 0 saturated heterocycles. The van der Waals surface area contributed by atoms with Crippen molar-refractivity contribution in [3.8, 4) is 17.2 Å². The molecule has 0 spiro atoms. The molecule has 0 N–H and O–H groups in total. The molecular weight excluding hydrogens is 440 g/mol. The van der Waals surface area contributed by atoms with Gasteiger partial charge in [-0.05, 0) is 61.1 Å². The molecule has 0 saturated carbocycles. The molecular formula is C26H24O8. The second-order valence-electron chi connectivity index (χ2n) is 8.52. The van der Waals surface area contributed by atoms with E-state index in [0.717, 1.165) is 40.5 Å². The average Bonchev–Trinajstić information content (AvgIpc) is 3.32. The molecule has 2 aromatic carbocycles. The number of esters is 2. The SMILES string of the molecule is COC(=O)COc1ccc([C@@H]2CC(=O)Oc3c2c(C)cc2oc(=O)c4c(c32)CCC4)cc1OC. The maximum Gasteiger partial charge on any atom is 0.343 e. The van der Waals surface area contributed by atoms with E-state index in [9.17, 15) is 14.4 Å². The van der Waals surface area contributed by atoms with E-state index in [1.54, 1.807) is 12.1 Å². The maximum absolute atomic E-state index is 12.7. The number of carbonyl (C=O) groups excluding carboxylic acids is 2. The van der Waals surface area contributed by atoms with E-state index in [1.807, 2.05) is 19.1 Å². The summed E-state index contributed by atoms with van der Waals surface area (Å²) in [6, 6.07) is 7.22. The molecule has 0 unspecified atom stereocenters. The molecule has 0 bridgehead atoms. The van der Waals surface area contributed by atoms with Gasteiger partial charge >= 0.3 is 17.6 Å². The van der Waals surface area contributed by atoms with E-state index in [2.05, 4.69) is 4.74 Å². The first kappa shape index (κ1) is 22.0. The highest BCUT2D eigenvalue weighted by Crippen LogP contribution is 2.47. The molecule has 5 rings (SSSR count). The van der Waals surface area contributed by atoms with Crippen LogP contribution in [0.25, 0.3) is 11.0 Å². The van der Waals surface area contributed by atoms with Gasteiger partial charge in [0.15, 0.2) is 18.1 Å². The smallest absolute Gasteiger partial charge is 0.343 e. The van der Waals surface area contributed by atoms with Crippen molar-refractivity contribution >= 4 is 22.9 Å². The molecule has 8 nitrogen and oxygen atoms in total. The van der Waals surface area contributed by atoms with E-state index in [4.69, 9.17) is 18.6 Å². The number of benzene rings is 2. The monoisotopic (exact) mass is 464 g/mol. The second kappa shape index (κ2) is 8.52. The van der Waals surface area contributed by atoms with Crippen LogP contribution < -0.4 is 19.8 Å². The molecule has 0 amide bonds. The first-order valence-corrected chi connectivity index (χ1v) is 11.1. The minimum Gasteiger partial charge on any atom is -0.493 e. The summed E-state index contributed by atoms with van der Waals surface area (Å²) in [6.45, 7) is 1.68. The molecule has 1 aromatic heterocycles. The Morgan fingerprint density at radius 3 is 2.65 bits per heavy atom. The van der Waals surface area contributed by atoms with Gasteiger partial charge < -0.3 is 23.4 Å². The molecule has 8 heteroatoms. The highest BCUT2D eigenvalue weighted by Gasteiger charge is 2.34. The Hall–Kier alpha value is -3.81. The van der Waals surface area contributed by atoms with Crippen LogP contribution in [0.4, 0.5) is 0 Å². The number of carbonyl (C=O) groups is 2. The molecule has 176 valence electrons. The van der Waals surface area contributed by atoms with Crippen LogP contribution in [0.1, 0.15) is 46.6 Å². The zero-order valence-electron chi connectivity index (χ0n) is 19.2. The molecule has 34 heavy (non-hydrogen) atoms. The number of methoxy groups -OCH3 is 2. The number of hydrogen-bond donors (Lipinski definition) is 0. The van der Waals surface area contributed by atoms with Crippen molar-refractivity contribution in [2.24, 2.45) is 0 Å². The van der Waals surface area contributed by atoms with Gasteiger partial charge in [-0.3, -0.25) is 4.79 Å². The summed E-state index contributed by atoms with van der Waals surface area (Å²) in [4.78, 5) is 36.6. The molecule has 1 atom stereocenters. The minimum absolute atomic E-state index is 0.157. The summed E-state index contributed by atoms with van der Waals surface area (Å²) in [5.41, 5.74) is 4.32. The summed E-state index contributed by atoms with van der Waals surface area (Å²) < 4.78 is 27.0. The number of rotatable bonds is 5. The topological polar surface area (TPSA) is 101 Å². The van der Waals surface area contributed by atoms with Gasteiger partial charge in [-0.25, -0.2) is 9.59 Å². The summed E-state index contributed by atoms with van der Waals surface area (Å²) >= 11 is 0. The number of aryl methyl sites for hydroxylation is 2. The van der Waals surface area contributed by atoms with Crippen LogP contribution in [0.3, 0.4) is 0 Å². The summed E-state index contributed by atoms with van der Waals surface area (Å²) in [7, 11) is 2.80. The van der Waals surface area contributed by atoms with E-state index in [1.165, 1.54) is 14.2 Å². The zero-order valence-corrected chi connectivity index (χ0v) is 19.2. The van der Waals surface area contributed by atoms with E-state index < -0.39 is 5.97 Å². The molecule has 3 aromatic rings. The van der Waals surface area contributed by atoms with Crippen molar-refractivity contribution in [1.82, 2.24) is 0 Å². The van der Waals surface area contributed by atoms with Gasteiger partial charge in [0.1, 0.15) is 11.3 Å². The Morgan fingerprint density at radius 1 is 1.09 bits per heavy atom. The normalized spacial score (nSPS) is 16.6. The predicted molar refractivity (Wildman–Crippen MR) is 122 cm³/mol. The Bertz CT molecular complexity index is 1380. The van der Waals surface area contributed by atoms with Crippen LogP contribution in [0.15, 0.2) is 33.5 Å². The molecule has 1 aliphatic carbocycles. The highest BCUT2D eigenvalue weighted by atomic mass is 16.6. The molecule has 1 aliphatic heterocycles. The van der Waals surface area contributed by atoms with E-state index >= 15 is 0 Å². The maximum atomic E-state index is 12.7. The number of ether oxygens (including phenoxy) is 4. The molecule has 2 aliphatic rings. The van der Waals surface area contributed by atoms with Crippen molar-refractivity contribution in [3.63, 3.8) is 0 Å². The third-order valence-electron chi connectivity index (χ3n) is 6.56. The van der Waals surface area contributed by atoms with Crippen molar-refractivity contribution in [1.29, 1.82) is 0 Å². The summed E-state index contributed by atoms with van der Waals surface area (Å²) in [6.07, 6.45) is 2.43. The molecule has 2 heterocycles. The van der Waals surface area contributed by atoms with Gasteiger partial charge in [0, 0.05) is 17.0 Å². The van der Waals surface area contributed by atoms with Crippen molar-refractivity contribution in [2.45, 2.75) is 38.5 Å². The third kappa shape index (κ3) is 3.59. The van der Waals surface area contributed by atoms with Crippen LogP contribution >= 0.6 is 0 Å². The van der Waals surface area contributed by atoms with Gasteiger partial charge in [-0.15, -0.1) is 0 Å². The average molecular weight is 464 g/mol. The summed E-state index contributed by atoms with van der Waals surface area (Å²) in [5.74, 6) is 0.165. The minimum atomic E-state index is -0.503. The summed E-state index contributed by atoms with van der Waals surface area (Å²) in [5, 5.41) is 0.718. The van der Waals surface area contributed by atoms with Gasteiger partial charge in [0.2, 0.25) is 0 Å². The Kier molecular flexibility index (Phi) is 5.51. The van der Waals surface area contributed by atoms with E-state index in [-0.39, 0.29) is 30.5 Å². The van der Waals surface area contributed by atoms with Crippen molar-refractivity contribution in [3.05, 3.63) is 62.5 Å². The molecule has 0 fully saturated rings. The number of hydrogen-bond acceptors (Lipinski definition) is 8. The lowest BCUT2D eigenvalue weighted by Gasteiger charge is -2.28. The lowest BCUT2D eigenvalue weighted by Crippen LogP contribution is -2.23. The number of fused-ring (bicyclic) bond motifs is 5. The lowest BCUT2D eigenvalue weighted by atomic mass is 9.82. The Morgan fingerprint density at radius 2 is 1.88 bits per heavy atom. The van der Waals surface area contributed by atoms with Crippen LogP contribution in [-0.4, -0.2) is 32.8 Å². The van der Waals surface area contributed by atoms with Crippen molar-refractivity contribution in [2.75, 3.05) is 20.8 Å². The van der Waals surface area contributed by atoms with Gasteiger partial charge in [0.25, 0.3) is 0 Å². The second-order valence-corrected chi connectivity index (χ2v) is 8.52. The van der Waals surface area contributed by atoms with Crippen LogP contribution in [0.2, 0.25) is 0 Å². The lowest BCUT2D eigenvalue weighted by molar-refractivity contribution is -0.143. The predicted octanol–water partition coefficient (Wildman–Crippen LogP) is 3.59. The third-order valence-corrected chi connectivity index (χ3v) is 6.56. The van der Waals surface area contributed by atoms with Crippen LogP contribution in [-0.2, 0) is 27.2 Å². The van der Waals surface area contributed by atoms with Crippen LogP contribution in [0.5, 0.6) is 17.2 Å². The highest BCUT2D eigenvalue weighted by molar-refractivity contribution is 5.95. The fourth-order valence-corrected chi connectivity index (χ4v) is 5.01. The quantitative estimate of drug-likeness (QED) is 0.321. The van der Waals surface area contributed by atoms with Crippen LogP contribution in [0, 0.1) is 6.92 Å². The standard InChI is InChI=1S/C26H24O8/c1-13-9-20-24(15-5-4-6-16(15)26(29)33-20)25-23(13)17(11-21(27)34-25)14-7-8-18(19(10-14)30-2)32-12-22(28)31-3/h7-10,17H,4-6,11-12H2,1-3H3/t17-/m0/s1. The Labute approximate surface area is 195 Å². The van der Waals surface area contributed by atoms with Crippen molar-refractivity contribution < 1.29 is 33.0 Å². The first-order chi connectivity index (χ1) is 16.4. The van der Waals surface area contributed by atoms with Gasteiger partial charge in [0.05, 0.1) is 26.0 Å². The largest absolute Gasteiger partial charge is 0.493 e. The fraction of sp³-hybridized carbons (Fsp3) is 0.346. The fourth-order valence-electron chi connectivity index (χ4n) is 5.01.